The van der Waals surface area contributed by atoms with E-state index < -0.39 is 5.60 Å². The largest absolute Gasteiger partial charge is 0.481 e. The van der Waals surface area contributed by atoms with Gasteiger partial charge in [-0.1, -0.05) is 12.3 Å². The fraction of sp³-hybridized carbons (Fsp3) is 0.625. The van der Waals surface area contributed by atoms with E-state index in [1.807, 2.05) is 6.92 Å². The van der Waals surface area contributed by atoms with Gasteiger partial charge >= 0.3 is 5.97 Å². The van der Waals surface area contributed by atoms with Crippen LogP contribution in [0.2, 0.25) is 0 Å². The molecular weight excluding hydrogens is 368 g/mol. The van der Waals surface area contributed by atoms with Crippen molar-refractivity contribution in [3.05, 3.63) is 23.3 Å². The first-order valence-corrected chi connectivity index (χ1v) is 12.2. The molecule has 4 heteroatoms. The van der Waals surface area contributed by atoms with Crippen LogP contribution >= 0.6 is 0 Å². The highest BCUT2D eigenvalue weighted by Crippen LogP contribution is 2.32. The summed E-state index contributed by atoms with van der Waals surface area (Å²) in [7, 11) is 0.375. The van der Waals surface area contributed by atoms with E-state index in [4.69, 9.17) is 9.47 Å². The van der Waals surface area contributed by atoms with Gasteiger partial charge in [0, 0.05) is 10.9 Å². The van der Waals surface area contributed by atoms with Crippen LogP contribution in [0.3, 0.4) is 0 Å². The van der Waals surface area contributed by atoms with Crippen LogP contribution < -0.4 is 4.74 Å². The highest BCUT2D eigenvalue weighted by atomic mass is 32.2. The van der Waals surface area contributed by atoms with Gasteiger partial charge in [0.2, 0.25) is 0 Å². The lowest BCUT2D eigenvalue weighted by atomic mass is 9.85. The molecule has 2 aliphatic rings. The summed E-state index contributed by atoms with van der Waals surface area (Å²) < 4.78 is 11.7. The van der Waals surface area contributed by atoms with E-state index in [9.17, 15) is 4.79 Å². The van der Waals surface area contributed by atoms with Gasteiger partial charge in [-0.05, 0) is 89.0 Å². The minimum absolute atomic E-state index is 0.0557. The second-order valence-electron chi connectivity index (χ2n) is 8.04. The topological polar surface area (TPSA) is 35.5 Å². The fourth-order valence-corrected chi connectivity index (χ4v) is 6.82. The van der Waals surface area contributed by atoms with Crippen LogP contribution in [-0.2, 0) is 20.4 Å². The lowest BCUT2D eigenvalue weighted by Gasteiger charge is -2.32. The van der Waals surface area contributed by atoms with Gasteiger partial charge in [-0.15, -0.1) is 5.92 Å². The number of ether oxygens (including phenoxy) is 2. The first-order valence-electron chi connectivity index (χ1n) is 10.6. The maximum atomic E-state index is 12.5. The van der Waals surface area contributed by atoms with Crippen LogP contribution in [-0.4, -0.2) is 29.7 Å². The number of hydrogen-bond acceptors (Lipinski definition) is 3. The number of carbonyl (C=O) groups excluding carboxylic acids is 1. The van der Waals surface area contributed by atoms with Crippen molar-refractivity contribution < 1.29 is 14.3 Å². The van der Waals surface area contributed by atoms with Gasteiger partial charge < -0.3 is 9.47 Å². The maximum Gasteiger partial charge on any atom is 0.345 e. The lowest BCUT2D eigenvalue weighted by Crippen LogP contribution is -2.37. The van der Waals surface area contributed by atoms with E-state index in [2.05, 4.69) is 37.8 Å². The Balaban J connectivity index is 1.63. The summed E-state index contributed by atoms with van der Waals surface area (Å²) in [6.45, 7) is 5.91. The average Bonchev–Trinajstić information content (AvgIpc) is 2.68. The van der Waals surface area contributed by atoms with Crippen molar-refractivity contribution in [1.82, 2.24) is 0 Å². The quantitative estimate of drug-likeness (QED) is 0.391. The fourth-order valence-electron chi connectivity index (χ4n) is 4.35. The predicted octanol–water partition coefficient (Wildman–Crippen LogP) is 5.11. The molecule has 1 aliphatic heterocycles. The molecule has 3 nitrogen and oxygen atoms in total. The smallest absolute Gasteiger partial charge is 0.345 e. The molecule has 152 valence electrons. The van der Waals surface area contributed by atoms with Crippen LogP contribution in [0.1, 0.15) is 69.4 Å². The molecule has 1 aromatic rings. The Morgan fingerprint density at radius 3 is 2.25 bits per heavy atom. The van der Waals surface area contributed by atoms with Crippen molar-refractivity contribution >= 4 is 16.9 Å². The van der Waals surface area contributed by atoms with Gasteiger partial charge in [0.15, 0.2) is 17.1 Å². The first-order chi connectivity index (χ1) is 13.5. The van der Waals surface area contributed by atoms with E-state index >= 15 is 0 Å². The summed E-state index contributed by atoms with van der Waals surface area (Å²) in [5.74, 6) is 9.22. The highest BCUT2D eigenvalue weighted by molar-refractivity contribution is 7.96. The summed E-state index contributed by atoms with van der Waals surface area (Å²) in [4.78, 5) is 13.9. The van der Waals surface area contributed by atoms with Crippen LogP contribution in [0, 0.1) is 25.7 Å². The zero-order valence-electron chi connectivity index (χ0n) is 17.6. The number of benzene rings is 1. The molecule has 2 fully saturated rings. The van der Waals surface area contributed by atoms with Crippen LogP contribution in [0.15, 0.2) is 17.0 Å². The Hall–Kier alpha value is -1.60. The Bertz CT molecular complexity index is 724. The van der Waals surface area contributed by atoms with Gasteiger partial charge in [0.25, 0.3) is 0 Å². The Morgan fingerprint density at radius 2 is 1.64 bits per heavy atom. The molecule has 0 atom stereocenters. The van der Waals surface area contributed by atoms with Crippen molar-refractivity contribution in [3.8, 4) is 17.6 Å². The molecule has 0 aromatic heterocycles. The molecular formula is C24H33O3S+. The maximum absolute atomic E-state index is 12.5. The van der Waals surface area contributed by atoms with Gasteiger partial charge in [-0.2, -0.15) is 0 Å². The van der Waals surface area contributed by atoms with E-state index in [0.717, 1.165) is 42.6 Å². The van der Waals surface area contributed by atoms with Crippen LogP contribution in [0.4, 0.5) is 0 Å². The Kier molecular flexibility index (Phi) is 7.35. The van der Waals surface area contributed by atoms with Crippen LogP contribution in [0.5, 0.6) is 5.75 Å². The first kappa shape index (κ1) is 21.1. The molecule has 1 heterocycles. The number of aryl methyl sites for hydroxylation is 2. The van der Waals surface area contributed by atoms with E-state index in [1.54, 1.807) is 0 Å². The Morgan fingerprint density at radius 1 is 1.04 bits per heavy atom. The molecule has 0 unspecified atom stereocenters. The Labute approximate surface area is 172 Å². The molecule has 0 amide bonds. The SMILES string of the molecule is CC#CC1(OC(=O)COc2c(C)cc([S+]3CCCCC3)cc2C)CCCCC1. The van der Waals surface area contributed by atoms with Gasteiger partial charge in [-0.3, -0.25) is 0 Å². The molecule has 0 N–H and O–H groups in total. The van der Waals surface area contributed by atoms with Crippen molar-refractivity contribution in [2.24, 2.45) is 0 Å². The molecule has 0 spiro atoms. The number of carbonyl (C=O) groups is 1. The number of rotatable bonds is 5. The van der Waals surface area contributed by atoms with Gasteiger partial charge in [0.1, 0.15) is 17.3 Å². The molecule has 0 bridgehead atoms. The lowest BCUT2D eigenvalue weighted by molar-refractivity contribution is -0.159. The van der Waals surface area contributed by atoms with Gasteiger partial charge in [0.05, 0.1) is 0 Å². The van der Waals surface area contributed by atoms with Gasteiger partial charge in [-0.25, -0.2) is 4.79 Å². The second-order valence-corrected chi connectivity index (χ2v) is 10.3. The monoisotopic (exact) mass is 401 g/mol. The normalized spacial score (nSPS) is 19.4. The molecule has 28 heavy (non-hydrogen) atoms. The van der Waals surface area contributed by atoms with Crippen LogP contribution in [0.25, 0.3) is 0 Å². The summed E-state index contributed by atoms with van der Waals surface area (Å²) in [5, 5.41) is 0. The third-order valence-electron chi connectivity index (χ3n) is 5.71. The van der Waals surface area contributed by atoms with E-state index in [1.165, 1.54) is 42.1 Å². The molecule has 3 rings (SSSR count). The van der Waals surface area contributed by atoms with Crippen molar-refractivity contribution in [3.63, 3.8) is 0 Å². The molecule has 1 saturated heterocycles. The third-order valence-corrected chi connectivity index (χ3v) is 8.17. The summed E-state index contributed by atoms with van der Waals surface area (Å²) in [6.07, 6.45) is 9.02. The molecule has 1 aromatic carbocycles. The molecule has 0 radical (unpaired) electrons. The summed E-state index contributed by atoms with van der Waals surface area (Å²) in [5.41, 5.74) is 1.62. The number of hydrogen-bond donors (Lipinski definition) is 0. The van der Waals surface area contributed by atoms with E-state index in [0.29, 0.717) is 10.9 Å². The third kappa shape index (κ3) is 5.26. The predicted molar refractivity (Wildman–Crippen MR) is 116 cm³/mol. The summed E-state index contributed by atoms with van der Waals surface area (Å²) in [6, 6.07) is 4.51. The van der Waals surface area contributed by atoms with Crippen molar-refractivity contribution in [2.45, 2.75) is 82.6 Å². The zero-order valence-corrected chi connectivity index (χ0v) is 18.4. The molecule has 1 saturated carbocycles. The second kappa shape index (κ2) is 9.74. The standard InChI is InChI=1S/C24H33O3S/c1-4-11-24(12-7-5-8-13-24)27-22(25)18-26-23-19(2)16-21(17-20(23)3)28-14-9-6-10-15-28/h16-17H,5-10,12-15,18H2,1-3H3/q+1. The number of esters is 1. The summed E-state index contributed by atoms with van der Waals surface area (Å²) >= 11 is 0. The van der Waals surface area contributed by atoms with Crippen molar-refractivity contribution in [1.29, 1.82) is 0 Å². The van der Waals surface area contributed by atoms with Crippen molar-refractivity contribution in [2.75, 3.05) is 18.1 Å². The minimum Gasteiger partial charge on any atom is -0.481 e. The highest BCUT2D eigenvalue weighted by Gasteiger charge is 2.34. The van der Waals surface area contributed by atoms with E-state index in [-0.39, 0.29) is 12.6 Å². The average molecular weight is 402 g/mol. The zero-order chi connectivity index (χ0) is 20.0. The minimum atomic E-state index is -0.608. The molecule has 1 aliphatic carbocycles.